The third kappa shape index (κ3) is 4.01. The van der Waals surface area contributed by atoms with Gasteiger partial charge in [-0.3, -0.25) is 9.89 Å². The minimum absolute atomic E-state index is 0.852. The molecule has 120 valence electrons. The molecule has 0 atom stereocenters. The Morgan fingerprint density at radius 1 is 1.09 bits per heavy atom. The lowest BCUT2D eigenvalue weighted by atomic mass is 9.99. The summed E-state index contributed by atoms with van der Waals surface area (Å²) in [5.41, 5.74) is 2.74. The number of guanidine groups is 1. The summed E-state index contributed by atoms with van der Waals surface area (Å²) in [6.45, 7) is 8.74. The first kappa shape index (κ1) is 15.3. The van der Waals surface area contributed by atoms with Crippen molar-refractivity contribution in [1.29, 1.82) is 0 Å². The number of nitrogens with zero attached hydrogens (tertiary/aromatic N) is 3. The zero-order chi connectivity index (χ0) is 15.4. The van der Waals surface area contributed by atoms with Crippen LogP contribution < -0.4 is 5.32 Å². The number of nitrogens with one attached hydrogen (secondary N) is 1. The number of hydrogen-bond acceptors (Lipinski definition) is 4. The normalized spacial score (nSPS) is 20.3. The van der Waals surface area contributed by atoms with Gasteiger partial charge in [0.15, 0.2) is 5.96 Å². The molecular formula is C18H28N4. The Labute approximate surface area is 134 Å². The Morgan fingerprint density at radius 3 is 2.41 bits per heavy atom. The van der Waals surface area contributed by atoms with Gasteiger partial charge in [0.1, 0.15) is 0 Å². The highest BCUT2D eigenvalue weighted by Crippen LogP contribution is 2.18. The van der Waals surface area contributed by atoms with Crippen molar-refractivity contribution >= 4 is 5.96 Å². The molecular weight excluding hydrogens is 272 g/mol. The molecule has 1 fully saturated rings. The van der Waals surface area contributed by atoms with Crippen molar-refractivity contribution in [3.05, 3.63) is 35.4 Å². The van der Waals surface area contributed by atoms with Gasteiger partial charge >= 0.3 is 0 Å². The Morgan fingerprint density at radius 2 is 1.77 bits per heavy atom. The summed E-state index contributed by atoms with van der Waals surface area (Å²) in [5.74, 6) is 1.92. The number of aliphatic imine (C=N–C) groups is 1. The number of rotatable bonds is 4. The third-order valence-corrected chi connectivity index (χ3v) is 4.81. The molecule has 0 saturated carbocycles. The smallest absolute Gasteiger partial charge is 0.194 e. The molecule has 3 rings (SSSR count). The average Bonchev–Trinajstić information content (AvgIpc) is 2.94. The maximum absolute atomic E-state index is 4.46. The first-order valence-electron chi connectivity index (χ1n) is 8.50. The van der Waals surface area contributed by atoms with E-state index in [0.29, 0.717) is 0 Å². The van der Waals surface area contributed by atoms with Crippen molar-refractivity contribution < 1.29 is 0 Å². The summed E-state index contributed by atoms with van der Waals surface area (Å²) in [7, 11) is 2.08. The van der Waals surface area contributed by atoms with Gasteiger partial charge in [0, 0.05) is 26.7 Å². The SMILES string of the molecule is CC1CCN(Cc2ccc(CNC3=NCCN3C)cc2)CC1. The van der Waals surface area contributed by atoms with Crippen molar-refractivity contribution in [1.82, 2.24) is 15.1 Å². The molecule has 0 aromatic heterocycles. The molecule has 4 heteroatoms. The van der Waals surface area contributed by atoms with Gasteiger partial charge in [-0.15, -0.1) is 0 Å². The van der Waals surface area contributed by atoms with E-state index in [1.54, 1.807) is 0 Å². The summed E-state index contributed by atoms with van der Waals surface area (Å²) in [5, 5.41) is 3.42. The standard InChI is InChI=1S/C18H28N4/c1-15-7-10-22(11-8-15)14-17-5-3-16(4-6-17)13-20-18-19-9-12-21(18)2/h3-6,15H,7-14H2,1-2H3,(H,19,20). The van der Waals surface area contributed by atoms with Crippen LogP contribution in [0.1, 0.15) is 30.9 Å². The molecule has 0 unspecified atom stereocenters. The molecule has 1 aromatic rings. The minimum atomic E-state index is 0.852. The van der Waals surface area contributed by atoms with Crippen LogP contribution in [0.4, 0.5) is 0 Å². The van der Waals surface area contributed by atoms with Gasteiger partial charge in [-0.2, -0.15) is 0 Å². The van der Waals surface area contributed by atoms with Crippen LogP contribution in [0.5, 0.6) is 0 Å². The monoisotopic (exact) mass is 300 g/mol. The van der Waals surface area contributed by atoms with E-state index < -0.39 is 0 Å². The second kappa shape index (κ2) is 7.14. The van der Waals surface area contributed by atoms with Crippen LogP contribution in [0.2, 0.25) is 0 Å². The molecule has 0 amide bonds. The molecule has 1 aromatic carbocycles. The highest BCUT2D eigenvalue weighted by atomic mass is 15.3. The molecule has 2 aliphatic heterocycles. The maximum Gasteiger partial charge on any atom is 0.194 e. The highest BCUT2D eigenvalue weighted by Gasteiger charge is 2.15. The van der Waals surface area contributed by atoms with Crippen molar-refractivity contribution in [3.63, 3.8) is 0 Å². The van der Waals surface area contributed by atoms with E-state index in [4.69, 9.17) is 0 Å². The van der Waals surface area contributed by atoms with Crippen LogP contribution >= 0.6 is 0 Å². The van der Waals surface area contributed by atoms with E-state index in [0.717, 1.165) is 38.1 Å². The second-order valence-electron chi connectivity index (χ2n) is 6.76. The van der Waals surface area contributed by atoms with Gasteiger partial charge < -0.3 is 10.2 Å². The highest BCUT2D eigenvalue weighted by molar-refractivity contribution is 5.81. The predicted molar refractivity (Wildman–Crippen MR) is 91.9 cm³/mol. The van der Waals surface area contributed by atoms with Gasteiger partial charge in [-0.05, 0) is 43.0 Å². The van der Waals surface area contributed by atoms with Crippen LogP contribution in [0.15, 0.2) is 29.3 Å². The number of likely N-dealkylation sites (N-methyl/N-ethyl adjacent to an activating group) is 1. The van der Waals surface area contributed by atoms with Crippen molar-refractivity contribution in [3.8, 4) is 0 Å². The van der Waals surface area contributed by atoms with Crippen LogP contribution in [0, 0.1) is 5.92 Å². The van der Waals surface area contributed by atoms with Gasteiger partial charge in [0.05, 0.1) is 6.54 Å². The van der Waals surface area contributed by atoms with Crippen molar-refractivity contribution in [2.45, 2.75) is 32.9 Å². The summed E-state index contributed by atoms with van der Waals surface area (Å²) in [4.78, 5) is 9.21. The fraction of sp³-hybridized carbons (Fsp3) is 0.611. The van der Waals surface area contributed by atoms with Gasteiger partial charge in [0.25, 0.3) is 0 Å². The molecule has 1 N–H and O–H groups in total. The van der Waals surface area contributed by atoms with E-state index in [2.05, 4.69) is 58.3 Å². The molecule has 1 saturated heterocycles. The Kier molecular flexibility index (Phi) is 4.98. The lowest BCUT2D eigenvalue weighted by Gasteiger charge is -2.30. The van der Waals surface area contributed by atoms with Gasteiger partial charge in [-0.1, -0.05) is 31.2 Å². The number of hydrogen-bond donors (Lipinski definition) is 1. The Bertz CT molecular complexity index is 500. The third-order valence-electron chi connectivity index (χ3n) is 4.81. The molecule has 0 spiro atoms. The van der Waals surface area contributed by atoms with E-state index >= 15 is 0 Å². The Balaban J connectivity index is 1.47. The first-order valence-corrected chi connectivity index (χ1v) is 8.50. The number of piperidine rings is 1. The molecule has 0 radical (unpaired) electrons. The molecule has 22 heavy (non-hydrogen) atoms. The molecule has 0 bridgehead atoms. The summed E-state index contributed by atoms with van der Waals surface area (Å²) >= 11 is 0. The van der Waals surface area contributed by atoms with Crippen LogP contribution in [-0.4, -0.2) is 49.0 Å². The summed E-state index contributed by atoms with van der Waals surface area (Å²) in [6, 6.07) is 9.03. The Hall–Kier alpha value is -1.55. The lowest BCUT2D eigenvalue weighted by Crippen LogP contribution is -2.35. The number of benzene rings is 1. The summed E-state index contributed by atoms with van der Waals surface area (Å²) < 4.78 is 0. The zero-order valence-corrected chi connectivity index (χ0v) is 13.9. The van der Waals surface area contributed by atoms with Gasteiger partial charge in [-0.25, -0.2) is 0 Å². The molecule has 2 aliphatic rings. The van der Waals surface area contributed by atoms with E-state index in [9.17, 15) is 0 Å². The number of likely N-dealkylation sites (tertiary alicyclic amines) is 1. The van der Waals surface area contributed by atoms with Crippen molar-refractivity contribution in [2.75, 3.05) is 33.2 Å². The molecule has 0 aliphatic carbocycles. The molecule has 2 heterocycles. The zero-order valence-electron chi connectivity index (χ0n) is 13.9. The second-order valence-corrected chi connectivity index (χ2v) is 6.76. The minimum Gasteiger partial charge on any atom is -0.352 e. The van der Waals surface area contributed by atoms with Crippen LogP contribution in [-0.2, 0) is 13.1 Å². The molecule has 4 nitrogen and oxygen atoms in total. The predicted octanol–water partition coefficient (Wildman–Crippen LogP) is 2.31. The fourth-order valence-corrected chi connectivity index (χ4v) is 3.15. The first-order chi connectivity index (χ1) is 10.7. The van der Waals surface area contributed by atoms with E-state index in [1.807, 2.05) is 0 Å². The van der Waals surface area contributed by atoms with Crippen LogP contribution in [0.25, 0.3) is 0 Å². The van der Waals surface area contributed by atoms with Crippen molar-refractivity contribution in [2.24, 2.45) is 10.9 Å². The van der Waals surface area contributed by atoms with Crippen LogP contribution in [0.3, 0.4) is 0 Å². The maximum atomic E-state index is 4.46. The van der Waals surface area contributed by atoms with E-state index in [1.165, 1.54) is 37.1 Å². The van der Waals surface area contributed by atoms with E-state index in [-0.39, 0.29) is 0 Å². The average molecular weight is 300 g/mol. The topological polar surface area (TPSA) is 30.9 Å². The summed E-state index contributed by atoms with van der Waals surface area (Å²) in [6.07, 6.45) is 2.69. The quantitative estimate of drug-likeness (QED) is 0.926. The lowest BCUT2D eigenvalue weighted by molar-refractivity contribution is 0.185. The van der Waals surface area contributed by atoms with Gasteiger partial charge in [0.2, 0.25) is 0 Å². The largest absolute Gasteiger partial charge is 0.352 e. The fourth-order valence-electron chi connectivity index (χ4n) is 3.15.